The van der Waals surface area contributed by atoms with Gasteiger partial charge in [0.15, 0.2) is 0 Å². The van der Waals surface area contributed by atoms with Crippen molar-refractivity contribution >= 4 is 34.4 Å². The van der Waals surface area contributed by atoms with E-state index < -0.39 is 0 Å². The summed E-state index contributed by atoms with van der Waals surface area (Å²) in [7, 11) is 0. The molecule has 0 fully saturated rings. The first-order chi connectivity index (χ1) is 8.27. The Morgan fingerprint density at radius 3 is 3.06 bits per heavy atom. The van der Waals surface area contributed by atoms with Gasteiger partial charge in [0.05, 0.1) is 17.6 Å². The third kappa shape index (κ3) is 2.58. The van der Waals surface area contributed by atoms with Gasteiger partial charge >= 0.3 is 0 Å². The van der Waals surface area contributed by atoms with Crippen LogP contribution in [-0.4, -0.2) is 26.5 Å². The minimum Gasteiger partial charge on any atom is -0.324 e. The van der Waals surface area contributed by atoms with Crippen LogP contribution in [0.25, 0.3) is 11.0 Å². The highest BCUT2D eigenvalue weighted by Crippen LogP contribution is 2.24. The van der Waals surface area contributed by atoms with Gasteiger partial charge in [-0.25, -0.2) is 4.98 Å². The summed E-state index contributed by atoms with van der Waals surface area (Å²) >= 11 is 7.84. The highest BCUT2D eigenvalue weighted by molar-refractivity contribution is 7.98. The molecular formula is C12H16ClN3S. The molecule has 1 atom stereocenters. The molecule has 0 aliphatic heterocycles. The van der Waals surface area contributed by atoms with Crippen molar-refractivity contribution in [2.75, 3.05) is 12.0 Å². The van der Waals surface area contributed by atoms with Gasteiger partial charge in [-0.2, -0.15) is 11.8 Å². The first-order valence-electron chi connectivity index (χ1n) is 5.63. The fourth-order valence-corrected chi connectivity index (χ4v) is 2.77. The Bertz CT molecular complexity index is 497. The zero-order valence-corrected chi connectivity index (χ0v) is 11.6. The Hall–Kier alpha value is -0.740. The summed E-state index contributed by atoms with van der Waals surface area (Å²) in [6.45, 7) is 2.22. The molecule has 0 aliphatic rings. The van der Waals surface area contributed by atoms with E-state index in [2.05, 4.69) is 27.7 Å². The maximum atomic E-state index is 5.97. The molecule has 0 amide bonds. The topological polar surface area (TPSA) is 30.7 Å². The largest absolute Gasteiger partial charge is 0.324 e. The Kier molecular flexibility index (Phi) is 4.29. The molecule has 92 valence electrons. The summed E-state index contributed by atoms with van der Waals surface area (Å²) in [5, 5.41) is 0. The fraction of sp³-hybridized carbons (Fsp3) is 0.500. The highest BCUT2D eigenvalue weighted by atomic mass is 35.5. The molecule has 2 rings (SSSR count). The van der Waals surface area contributed by atoms with Crippen LogP contribution >= 0.6 is 23.4 Å². The quantitative estimate of drug-likeness (QED) is 0.779. The number of fused-ring (bicyclic) bond motifs is 1. The monoisotopic (exact) mass is 269 g/mol. The standard InChI is InChI=1S/C12H16ClN3S/c1-9(4-6-17-2)16-11-3-5-14-8-10(11)15-12(16)7-13/h3,5,8-9H,4,6-7H2,1-2H3. The molecule has 0 spiro atoms. The third-order valence-corrected chi connectivity index (χ3v) is 3.75. The number of rotatable bonds is 5. The lowest BCUT2D eigenvalue weighted by Crippen LogP contribution is -2.09. The summed E-state index contributed by atoms with van der Waals surface area (Å²) in [5.74, 6) is 2.52. The summed E-state index contributed by atoms with van der Waals surface area (Å²) in [4.78, 5) is 8.62. The minimum absolute atomic E-state index is 0.420. The van der Waals surface area contributed by atoms with Gasteiger partial charge < -0.3 is 4.57 Å². The Balaban J connectivity index is 2.42. The van der Waals surface area contributed by atoms with Crippen LogP contribution in [0.5, 0.6) is 0 Å². The van der Waals surface area contributed by atoms with Crippen LogP contribution in [0, 0.1) is 0 Å². The van der Waals surface area contributed by atoms with Crippen molar-refractivity contribution < 1.29 is 0 Å². The van der Waals surface area contributed by atoms with Gasteiger partial charge in [0.1, 0.15) is 11.3 Å². The minimum atomic E-state index is 0.420. The van der Waals surface area contributed by atoms with Gasteiger partial charge in [0.25, 0.3) is 0 Å². The second kappa shape index (κ2) is 5.74. The maximum Gasteiger partial charge on any atom is 0.125 e. The summed E-state index contributed by atoms with van der Waals surface area (Å²) < 4.78 is 2.24. The smallest absolute Gasteiger partial charge is 0.125 e. The molecule has 0 N–H and O–H groups in total. The molecular weight excluding hydrogens is 254 g/mol. The van der Waals surface area contributed by atoms with E-state index in [-0.39, 0.29) is 0 Å². The van der Waals surface area contributed by atoms with E-state index in [0.29, 0.717) is 11.9 Å². The summed E-state index contributed by atoms with van der Waals surface area (Å²) in [5.41, 5.74) is 2.06. The second-order valence-corrected chi connectivity index (χ2v) is 5.28. The van der Waals surface area contributed by atoms with Gasteiger partial charge in [0.2, 0.25) is 0 Å². The molecule has 0 bridgehead atoms. The van der Waals surface area contributed by atoms with Crippen LogP contribution in [0.3, 0.4) is 0 Å². The van der Waals surface area contributed by atoms with Crippen molar-refractivity contribution in [1.29, 1.82) is 0 Å². The van der Waals surface area contributed by atoms with Gasteiger partial charge in [0, 0.05) is 12.2 Å². The van der Waals surface area contributed by atoms with E-state index >= 15 is 0 Å². The van der Waals surface area contributed by atoms with E-state index in [4.69, 9.17) is 11.6 Å². The highest BCUT2D eigenvalue weighted by Gasteiger charge is 2.14. The van der Waals surface area contributed by atoms with Crippen molar-refractivity contribution in [3.05, 3.63) is 24.3 Å². The molecule has 17 heavy (non-hydrogen) atoms. The Labute approximate surface area is 111 Å². The molecule has 0 aromatic carbocycles. The normalized spacial score (nSPS) is 13.1. The molecule has 2 aromatic rings. The third-order valence-electron chi connectivity index (χ3n) is 2.86. The van der Waals surface area contributed by atoms with E-state index in [9.17, 15) is 0 Å². The van der Waals surface area contributed by atoms with Gasteiger partial charge in [-0.05, 0) is 31.4 Å². The van der Waals surface area contributed by atoms with Crippen LogP contribution < -0.4 is 0 Å². The second-order valence-electron chi connectivity index (χ2n) is 4.03. The Morgan fingerprint density at radius 2 is 2.35 bits per heavy atom. The predicted octanol–water partition coefficient (Wildman–Crippen LogP) is 3.48. The summed E-state index contributed by atoms with van der Waals surface area (Å²) in [6.07, 6.45) is 6.85. The molecule has 3 nitrogen and oxygen atoms in total. The number of pyridine rings is 1. The zero-order valence-electron chi connectivity index (χ0n) is 10.1. The van der Waals surface area contributed by atoms with Crippen LogP contribution in [0.1, 0.15) is 25.2 Å². The first-order valence-corrected chi connectivity index (χ1v) is 7.56. The zero-order chi connectivity index (χ0) is 12.3. The SMILES string of the molecule is CSCCC(C)n1c(CCl)nc2cnccc21. The van der Waals surface area contributed by atoms with E-state index in [1.807, 2.05) is 17.8 Å². The van der Waals surface area contributed by atoms with Crippen molar-refractivity contribution in [3.8, 4) is 0 Å². The first kappa shape index (κ1) is 12.7. The van der Waals surface area contributed by atoms with Crippen molar-refractivity contribution in [2.24, 2.45) is 0 Å². The molecule has 1 unspecified atom stereocenters. The number of thioether (sulfide) groups is 1. The number of halogens is 1. The predicted molar refractivity (Wildman–Crippen MR) is 74.8 cm³/mol. The molecule has 0 saturated heterocycles. The van der Waals surface area contributed by atoms with Crippen LogP contribution in [0.2, 0.25) is 0 Å². The van der Waals surface area contributed by atoms with Gasteiger partial charge in [-0.15, -0.1) is 11.6 Å². The van der Waals surface area contributed by atoms with E-state index in [1.54, 1.807) is 12.4 Å². The number of nitrogens with zero attached hydrogens (tertiary/aromatic N) is 3. The van der Waals surface area contributed by atoms with Crippen molar-refractivity contribution in [2.45, 2.75) is 25.3 Å². The number of hydrogen-bond acceptors (Lipinski definition) is 3. The van der Waals surface area contributed by atoms with E-state index in [0.717, 1.165) is 29.0 Å². The van der Waals surface area contributed by atoms with E-state index in [1.165, 1.54) is 0 Å². The number of alkyl halides is 1. The van der Waals surface area contributed by atoms with Crippen molar-refractivity contribution in [1.82, 2.24) is 14.5 Å². The summed E-state index contributed by atoms with van der Waals surface area (Å²) in [6, 6.07) is 2.43. The lowest BCUT2D eigenvalue weighted by atomic mass is 10.2. The molecule has 2 aromatic heterocycles. The Morgan fingerprint density at radius 1 is 1.53 bits per heavy atom. The number of imidazole rings is 1. The van der Waals surface area contributed by atoms with Gasteiger partial charge in [-0.1, -0.05) is 0 Å². The molecule has 0 saturated carbocycles. The lowest BCUT2D eigenvalue weighted by Gasteiger charge is -2.16. The number of hydrogen-bond donors (Lipinski definition) is 0. The van der Waals surface area contributed by atoms with Crippen LogP contribution in [-0.2, 0) is 5.88 Å². The average Bonchev–Trinajstić information content (AvgIpc) is 2.74. The average molecular weight is 270 g/mol. The van der Waals surface area contributed by atoms with Crippen LogP contribution in [0.4, 0.5) is 0 Å². The maximum absolute atomic E-state index is 5.97. The fourth-order valence-electron chi connectivity index (χ4n) is 2.00. The molecule has 0 radical (unpaired) electrons. The molecule has 5 heteroatoms. The lowest BCUT2D eigenvalue weighted by molar-refractivity contribution is 0.534. The van der Waals surface area contributed by atoms with Crippen LogP contribution in [0.15, 0.2) is 18.5 Å². The molecule has 0 aliphatic carbocycles. The molecule has 2 heterocycles. The number of aromatic nitrogens is 3. The van der Waals surface area contributed by atoms with Crippen molar-refractivity contribution in [3.63, 3.8) is 0 Å². The van der Waals surface area contributed by atoms with Gasteiger partial charge in [-0.3, -0.25) is 4.98 Å².